The number of nitrogens with zero attached hydrogens (tertiary/aromatic N) is 1. The second-order valence-corrected chi connectivity index (χ2v) is 4.25. The van der Waals surface area contributed by atoms with E-state index in [9.17, 15) is 10.1 Å². The maximum absolute atomic E-state index is 10.8. The zero-order valence-electron chi connectivity index (χ0n) is 10.7. The lowest BCUT2D eigenvalue weighted by Crippen LogP contribution is -2.29. The van der Waals surface area contributed by atoms with Gasteiger partial charge in [0.25, 0.3) is 5.69 Å². The van der Waals surface area contributed by atoms with E-state index in [-0.39, 0.29) is 22.7 Å². The van der Waals surface area contributed by atoms with Crippen LogP contribution in [0.2, 0.25) is 0 Å². The molecule has 0 heterocycles. The van der Waals surface area contributed by atoms with Gasteiger partial charge in [0, 0.05) is 18.2 Å². The Labute approximate surface area is 108 Å². The van der Waals surface area contributed by atoms with Gasteiger partial charge in [0.15, 0.2) is 0 Å². The van der Waals surface area contributed by atoms with Gasteiger partial charge in [-0.25, -0.2) is 0 Å². The molecule has 0 fully saturated rings. The third-order valence-electron chi connectivity index (χ3n) is 2.76. The first kappa shape index (κ1) is 14.2. The van der Waals surface area contributed by atoms with Crippen LogP contribution in [0.5, 0.6) is 0 Å². The molecule has 4 nitrogen and oxygen atoms in total. The van der Waals surface area contributed by atoms with E-state index in [0.29, 0.717) is 0 Å². The Hall–Kier alpha value is -1.86. The van der Waals surface area contributed by atoms with Crippen LogP contribution in [-0.4, -0.2) is 11.0 Å². The van der Waals surface area contributed by atoms with E-state index in [4.69, 9.17) is 6.42 Å². The molecule has 0 saturated heterocycles. The van der Waals surface area contributed by atoms with Crippen LogP contribution >= 0.6 is 0 Å². The normalized spacial score (nSPS) is 13.6. The highest BCUT2D eigenvalue weighted by molar-refractivity contribution is 5.36. The summed E-state index contributed by atoms with van der Waals surface area (Å²) in [6.07, 6.45) is 7.23. The Balaban J connectivity index is 2.94. The van der Waals surface area contributed by atoms with Gasteiger partial charge in [-0.05, 0) is 18.9 Å². The molecule has 0 spiro atoms. The molecule has 2 unspecified atom stereocenters. The molecule has 1 rings (SSSR count). The van der Waals surface area contributed by atoms with Crippen molar-refractivity contribution in [1.82, 2.24) is 5.32 Å². The average Bonchev–Trinajstić information content (AvgIpc) is 2.38. The van der Waals surface area contributed by atoms with Gasteiger partial charge in [0.2, 0.25) is 0 Å². The molecule has 18 heavy (non-hydrogen) atoms. The van der Waals surface area contributed by atoms with E-state index in [1.165, 1.54) is 6.07 Å². The van der Waals surface area contributed by atoms with Crippen molar-refractivity contribution in [3.63, 3.8) is 0 Å². The van der Waals surface area contributed by atoms with E-state index in [1.54, 1.807) is 12.1 Å². The van der Waals surface area contributed by atoms with Gasteiger partial charge < -0.3 is 0 Å². The zero-order valence-corrected chi connectivity index (χ0v) is 10.7. The van der Waals surface area contributed by atoms with Crippen molar-refractivity contribution in [3.05, 3.63) is 39.9 Å². The molecule has 0 aliphatic rings. The lowest BCUT2D eigenvalue weighted by molar-refractivity contribution is -0.384. The van der Waals surface area contributed by atoms with Gasteiger partial charge in [0.05, 0.1) is 11.0 Å². The number of rotatable bonds is 6. The summed E-state index contributed by atoms with van der Waals surface area (Å²) in [7, 11) is 0. The third-order valence-corrected chi connectivity index (χ3v) is 2.76. The van der Waals surface area contributed by atoms with E-state index >= 15 is 0 Å². The fraction of sp³-hybridized carbons (Fsp3) is 0.429. The van der Waals surface area contributed by atoms with Crippen molar-refractivity contribution in [1.29, 1.82) is 0 Å². The predicted molar refractivity (Wildman–Crippen MR) is 72.2 cm³/mol. The summed E-state index contributed by atoms with van der Waals surface area (Å²) in [4.78, 5) is 10.4. The Kier molecular flexibility index (Phi) is 5.34. The van der Waals surface area contributed by atoms with Crippen molar-refractivity contribution >= 4 is 5.69 Å². The molecule has 1 N–H and O–H groups in total. The first-order valence-corrected chi connectivity index (χ1v) is 6.05. The lowest BCUT2D eigenvalue weighted by atomic mass is 10.0. The van der Waals surface area contributed by atoms with Crippen LogP contribution in [0.3, 0.4) is 0 Å². The first-order valence-electron chi connectivity index (χ1n) is 6.05. The minimum atomic E-state index is -0.378. The van der Waals surface area contributed by atoms with Crippen LogP contribution in [0, 0.1) is 22.5 Å². The van der Waals surface area contributed by atoms with Crippen LogP contribution in [0.4, 0.5) is 5.69 Å². The first-order chi connectivity index (χ1) is 8.58. The topological polar surface area (TPSA) is 55.2 Å². The van der Waals surface area contributed by atoms with E-state index in [0.717, 1.165) is 18.4 Å². The maximum atomic E-state index is 10.8. The molecule has 0 aliphatic carbocycles. The monoisotopic (exact) mass is 246 g/mol. The summed E-state index contributed by atoms with van der Waals surface area (Å²) in [6, 6.07) is 6.71. The summed E-state index contributed by atoms with van der Waals surface area (Å²) in [5.74, 6) is 2.62. The Bertz CT molecular complexity index is 451. The fourth-order valence-corrected chi connectivity index (χ4v) is 1.84. The molecule has 4 heteroatoms. The third kappa shape index (κ3) is 3.86. The van der Waals surface area contributed by atoms with E-state index < -0.39 is 0 Å². The van der Waals surface area contributed by atoms with Crippen LogP contribution in [0.25, 0.3) is 0 Å². The van der Waals surface area contributed by atoms with Crippen molar-refractivity contribution < 1.29 is 4.92 Å². The molecule has 0 aromatic heterocycles. The van der Waals surface area contributed by atoms with Gasteiger partial charge in [-0.1, -0.05) is 31.4 Å². The molecule has 0 amide bonds. The minimum Gasteiger partial charge on any atom is -0.297 e. The van der Waals surface area contributed by atoms with Crippen molar-refractivity contribution in [3.8, 4) is 12.3 Å². The van der Waals surface area contributed by atoms with E-state index in [2.05, 4.69) is 18.2 Å². The van der Waals surface area contributed by atoms with Gasteiger partial charge in [0.1, 0.15) is 0 Å². The van der Waals surface area contributed by atoms with Crippen molar-refractivity contribution in [2.75, 3.05) is 0 Å². The van der Waals surface area contributed by atoms with Gasteiger partial charge in [-0.2, -0.15) is 0 Å². The number of nitro groups is 1. The Morgan fingerprint density at radius 1 is 1.56 bits per heavy atom. The molecular weight excluding hydrogens is 228 g/mol. The lowest BCUT2D eigenvalue weighted by Gasteiger charge is -2.20. The number of nitrogens with one attached hydrogen (secondary N) is 1. The molecule has 1 aromatic rings. The van der Waals surface area contributed by atoms with Crippen molar-refractivity contribution in [2.24, 2.45) is 0 Å². The summed E-state index contributed by atoms with van der Waals surface area (Å²) in [5.41, 5.74) is 1.02. The second-order valence-electron chi connectivity index (χ2n) is 4.25. The summed E-state index contributed by atoms with van der Waals surface area (Å²) < 4.78 is 0. The zero-order chi connectivity index (χ0) is 13.5. The number of terminal acetylenes is 1. The van der Waals surface area contributed by atoms with Crippen LogP contribution < -0.4 is 5.32 Å². The fourth-order valence-electron chi connectivity index (χ4n) is 1.84. The molecular formula is C14H18N2O2. The largest absolute Gasteiger partial charge is 0.297 e. The molecule has 96 valence electrons. The number of hydrogen-bond donors (Lipinski definition) is 1. The van der Waals surface area contributed by atoms with Crippen molar-refractivity contribution in [2.45, 2.75) is 38.8 Å². The van der Waals surface area contributed by atoms with Gasteiger partial charge in [-0.15, -0.1) is 6.42 Å². The molecule has 1 aromatic carbocycles. The van der Waals surface area contributed by atoms with Crippen LogP contribution in [0.1, 0.15) is 38.3 Å². The molecule has 2 atom stereocenters. The quantitative estimate of drug-likeness (QED) is 0.477. The SMILES string of the molecule is C#CC(C)NC(CCC)c1cccc([N+](=O)[O-])c1. The highest BCUT2D eigenvalue weighted by atomic mass is 16.6. The predicted octanol–water partition coefficient (Wildman–Crippen LogP) is 3.05. The summed E-state index contributed by atoms with van der Waals surface area (Å²) in [6.45, 7) is 3.98. The number of hydrogen-bond acceptors (Lipinski definition) is 3. The highest BCUT2D eigenvalue weighted by Crippen LogP contribution is 2.23. The molecule has 0 radical (unpaired) electrons. The summed E-state index contributed by atoms with van der Waals surface area (Å²) >= 11 is 0. The average molecular weight is 246 g/mol. The number of benzene rings is 1. The Morgan fingerprint density at radius 3 is 2.83 bits per heavy atom. The smallest absolute Gasteiger partial charge is 0.269 e. The van der Waals surface area contributed by atoms with Gasteiger partial charge >= 0.3 is 0 Å². The van der Waals surface area contributed by atoms with Gasteiger partial charge in [-0.3, -0.25) is 15.4 Å². The molecule has 0 saturated carbocycles. The molecule has 0 aliphatic heterocycles. The molecule has 0 bridgehead atoms. The number of non-ortho nitro benzene ring substituents is 1. The van der Waals surface area contributed by atoms with E-state index in [1.807, 2.05) is 13.0 Å². The Morgan fingerprint density at radius 2 is 2.28 bits per heavy atom. The second kappa shape index (κ2) is 6.77. The maximum Gasteiger partial charge on any atom is 0.269 e. The highest BCUT2D eigenvalue weighted by Gasteiger charge is 2.15. The number of nitro benzene ring substituents is 1. The van der Waals surface area contributed by atoms with Crippen LogP contribution in [-0.2, 0) is 0 Å². The van der Waals surface area contributed by atoms with Crippen LogP contribution in [0.15, 0.2) is 24.3 Å². The summed E-state index contributed by atoms with van der Waals surface area (Å²) in [5, 5.41) is 14.1. The minimum absolute atomic E-state index is 0.0548. The standard InChI is InChI=1S/C14H18N2O2/c1-4-7-14(15-11(3)5-2)12-8-6-9-13(10-12)16(17)18/h2,6,8-11,14-15H,4,7H2,1,3H3.